The first-order valence-corrected chi connectivity index (χ1v) is 14.9. The zero-order valence-corrected chi connectivity index (χ0v) is 30.3. The van der Waals surface area contributed by atoms with Crippen molar-refractivity contribution in [3.05, 3.63) is 127 Å². The van der Waals surface area contributed by atoms with Gasteiger partial charge in [-0.1, -0.05) is 11.4 Å². The molecule has 0 N–H and O–H groups in total. The van der Waals surface area contributed by atoms with Crippen molar-refractivity contribution in [3.63, 3.8) is 0 Å². The first-order chi connectivity index (χ1) is 20.7. The van der Waals surface area contributed by atoms with Gasteiger partial charge in [0.1, 0.15) is 0 Å². The largest absolute Gasteiger partial charge is 3.00 e. The Kier molecular flexibility index (Phi) is 9.44. The summed E-state index contributed by atoms with van der Waals surface area (Å²) in [5.41, 5.74) is 3.47. The molecule has 0 spiro atoms. The van der Waals surface area contributed by atoms with Crippen LogP contribution >= 0.6 is 0 Å². The zero-order valence-electron chi connectivity index (χ0n) is 27.9. The molecule has 6 aromatic rings. The molecule has 0 saturated heterocycles. The van der Waals surface area contributed by atoms with Crippen molar-refractivity contribution in [2.45, 2.75) is 77.5 Å². The summed E-state index contributed by atoms with van der Waals surface area (Å²) in [6.07, 6.45) is 20.9. The molecule has 0 saturated carbocycles. The van der Waals surface area contributed by atoms with Gasteiger partial charge in [-0.05, 0) is 87.7 Å². The van der Waals surface area contributed by atoms with E-state index in [4.69, 9.17) is 0 Å². The van der Waals surface area contributed by atoms with E-state index in [1.54, 1.807) is 12.4 Å². The number of nitrogens with zero attached hydrogens (tertiary/aromatic N) is 9. The predicted molar refractivity (Wildman–Crippen MR) is 172 cm³/mol. The van der Waals surface area contributed by atoms with Gasteiger partial charge in [0.05, 0.1) is 16.6 Å². The van der Waals surface area contributed by atoms with E-state index >= 15 is 0 Å². The minimum atomic E-state index is -0.267. The molecule has 9 nitrogen and oxygen atoms in total. The van der Waals surface area contributed by atoms with Crippen molar-refractivity contribution in [2.24, 2.45) is 14.1 Å². The van der Waals surface area contributed by atoms with E-state index in [1.165, 1.54) is 0 Å². The van der Waals surface area contributed by atoms with E-state index in [9.17, 15) is 0 Å². The van der Waals surface area contributed by atoms with Crippen LogP contribution in [-0.2, 0) is 56.4 Å². The second-order valence-electron chi connectivity index (χ2n) is 13.3. The van der Waals surface area contributed by atoms with Crippen molar-refractivity contribution < 1.29 is 20.1 Å². The van der Waals surface area contributed by atoms with Gasteiger partial charge in [0.15, 0.2) is 0 Å². The molecule has 0 aliphatic rings. The average Bonchev–Trinajstić information content (AvgIpc) is 3.79. The van der Waals surface area contributed by atoms with Gasteiger partial charge in [-0.3, -0.25) is 14.0 Å². The Bertz CT molecular complexity index is 1630. The van der Waals surface area contributed by atoms with Gasteiger partial charge in [0.25, 0.3) is 0 Å². The standard InChI is InChI=1S/C18H22N4.C17H22N5.Ir/c1-17(2,21-10-6-7-11-21)15-13-16(20(5)14-15)18(3,4)22-12-8-9-19-22;1-16(2,21-10-6-8-18-21)14-12-15(20(5)13-14)17(3,4)22-11-7-9-19-22;/h6-10,12,14H,1-5H3;6-11,13H,1-5H3;/q-2;-1;+3. The maximum absolute atomic E-state index is 4.40. The summed E-state index contributed by atoms with van der Waals surface area (Å²) >= 11 is 0. The second-order valence-corrected chi connectivity index (χ2v) is 13.3. The van der Waals surface area contributed by atoms with Gasteiger partial charge < -0.3 is 13.7 Å². The van der Waals surface area contributed by atoms with Crippen molar-refractivity contribution in [1.82, 2.24) is 43.0 Å². The summed E-state index contributed by atoms with van der Waals surface area (Å²) in [6.45, 7) is 17.3. The average molecular weight is 783 g/mol. The van der Waals surface area contributed by atoms with E-state index in [1.807, 2.05) is 75.4 Å². The molecule has 0 aromatic carbocycles. The number of aryl methyl sites for hydroxylation is 2. The summed E-state index contributed by atoms with van der Waals surface area (Å²) in [7, 11) is 4.12. The first kappa shape index (κ1) is 34.0. The molecule has 6 heterocycles. The third-order valence-electron chi connectivity index (χ3n) is 8.71. The Hall–Kier alpha value is -3.88. The van der Waals surface area contributed by atoms with E-state index in [0.717, 1.165) is 22.5 Å². The fourth-order valence-electron chi connectivity index (χ4n) is 5.72. The molecular formula is C35H44IrN9. The van der Waals surface area contributed by atoms with Gasteiger partial charge in [0.2, 0.25) is 0 Å². The smallest absolute Gasteiger partial charge is 0.465 e. The molecule has 6 rings (SSSR count). The quantitative estimate of drug-likeness (QED) is 0.179. The van der Waals surface area contributed by atoms with Gasteiger partial charge >= 0.3 is 20.1 Å². The molecule has 10 heteroatoms. The monoisotopic (exact) mass is 783 g/mol. The van der Waals surface area contributed by atoms with Crippen LogP contribution in [0, 0.1) is 18.3 Å². The minimum Gasteiger partial charge on any atom is -0.465 e. The first-order valence-electron chi connectivity index (χ1n) is 14.9. The van der Waals surface area contributed by atoms with Crippen LogP contribution in [0.25, 0.3) is 0 Å². The van der Waals surface area contributed by atoms with Gasteiger partial charge in [-0.15, -0.1) is 24.8 Å². The maximum Gasteiger partial charge on any atom is 3.00 e. The molecule has 0 aliphatic heterocycles. The number of rotatable bonds is 8. The molecule has 0 amide bonds. The molecule has 0 unspecified atom stereocenters. The summed E-state index contributed by atoms with van der Waals surface area (Å²) < 4.78 is 12.2. The third-order valence-corrected chi connectivity index (χ3v) is 8.71. The van der Waals surface area contributed by atoms with Crippen LogP contribution in [0.15, 0.2) is 86.1 Å². The van der Waals surface area contributed by atoms with Gasteiger partial charge in [-0.25, -0.2) is 12.1 Å². The van der Waals surface area contributed by atoms with E-state index < -0.39 is 0 Å². The SMILES string of the molecule is Cn1cc(C(C)(C)n2[c-]ccc2)[c-]c1C(C)(C)n1cccn1.Cn1cc(C(C)(C)n2cccn2)[c-]c1C(C)(C)n1cccn1.[Ir+3]. The van der Waals surface area contributed by atoms with Gasteiger partial charge in [-0.2, -0.15) is 38.6 Å². The van der Waals surface area contributed by atoms with Crippen LogP contribution in [0.4, 0.5) is 0 Å². The summed E-state index contributed by atoms with van der Waals surface area (Å²) in [6, 6.07) is 16.9. The Morgan fingerprint density at radius 2 is 0.933 bits per heavy atom. The van der Waals surface area contributed by atoms with Crippen LogP contribution in [0.3, 0.4) is 0 Å². The van der Waals surface area contributed by atoms with E-state index in [0.29, 0.717) is 0 Å². The maximum atomic E-state index is 4.40. The van der Waals surface area contributed by atoms with Crippen LogP contribution in [-0.4, -0.2) is 43.0 Å². The summed E-state index contributed by atoms with van der Waals surface area (Å²) in [5, 5.41) is 13.2. The molecule has 6 aromatic heterocycles. The van der Waals surface area contributed by atoms with Crippen molar-refractivity contribution in [2.75, 3.05) is 0 Å². The topological polar surface area (TPSA) is 68.2 Å². The Balaban J connectivity index is 0.000000200. The molecule has 0 radical (unpaired) electrons. The fourth-order valence-corrected chi connectivity index (χ4v) is 5.72. The predicted octanol–water partition coefficient (Wildman–Crippen LogP) is 5.97. The normalized spacial score (nSPS) is 12.5. The number of hydrogen-bond acceptors (Lipinski definition) is 3. The molecular weight excluding hydrogens is 739 g/mol. The fraction of sp³-hybridized carbons (Fsp3) is 0.400. The third kappa shape index (κ3) is 6.31. The Morgan fingerprint density at radius 3 is 1.29 bits per heavy atom. The van der Waals surface area contributed by atoms with Crippen LogP contribution in [0.5, 0.6) is 0 Å². The molecule has 0 bridgehead atoms. The Labute approximate surface area is 280 Å². The Morgan fingerprint density at radius 1 is 0.533 bits per heavy atom. The van der Waals surface area contributed by atoms with Crippen LogP contribution < -0.4 is 0 Å². The van der Waals surface area contributed by atoms with Crippen molar-refractivity contribution >= 4 is 0 Å². The summed E-state index contributed by atoms with van der Waals surface area (Å²) in [5.74, 6) is 0. The van der Waals surface area contributed by atoms with E-state index in [-0.39, 0.29) is 42.3 Å². The molecule has 0 fully saturated rings. The van der Waals surface area contributed by atoms with Crippen LogP contribution in [0.2, 0.25) is 0 Å². The molecule has 0 atom stereocenters. The van der Waals surface area contributed by atoms with E-state index in [2.05, 4.69) is 129 Å². The van der Waals surface area contributed by atoms with Crippen LogP contribution in [0.1, 0.15) is 77.9 Å². The van der Waals surface area contributed by atoms with Gasteiger partial charge in [0, 0.05) is 42.7 Å². The molecule has 0 aliphatic carbocycles. The summed E-state index contributed by atoms with van der Waals surface area (Å²) in [4.78, 5) is 0. The molecule has 45 heavy (non-hydrogen) atoms. The second kappa shape index (κ2) is 12.5. The van der Waals surface area contributed by atoms with Crippen molar-refractivity contribution in [3.8, 4) is 0 Å². The molecule has 238 valence electrons. The van der Waals surface area contributed by atoms with Crippen molar-refractivity contribution in [1.29, 1.82) is 0 Å². The number of aromatic nitrogens is 9. The number of hydrogen-bond donors (Lipinski definition) is 0. The zero-order chi connectivity index (χ0) is 31.9. The minimum absolute atomic E-state index is 0.